The summed E-state index contributed by atoms with van der Waals surface area (Å²) in [6.45, 7) is 9.12. The second-order valence-corrected chi connectivity index (χ2v) is 9.17. The number of nitro groups is 1. The number of nitrogens with one attached hydrogen (secondary N) is 2. The van der Waals surface area contributed by atoms with Crippen molar-refractivity contribution in [1.82, 2.24) is 15.5 Å². The molecule has 2 saturated heterocycles. The Morgan fingerprint density at radius 1 is 1.06 bits per heavy atom. The first-order valence-corrected chi connectivity index (χ1v) is 12.0. The topological polar surface area (TPSA) is 87.5 Å². The summed E-state index contributed by atoms with van der Waals surface area (Å²) in [6, 6.07) is 7.04. The third-order valence-corrected chi connectivity index (χ3v) is 6.95. The molecule has 2 aliphatic rings. The highest BCUT2D eigenvalue weighted by molar-refractivity contribution is 5.87. The van der Waals surface area contributed by atoms with Crippen molar-refractivity contribution < 1.29 is 9.72 Å². The van der Waals surface area contributed by atoms with Gasteiger partial charge in [-0.3, -0.25) is 19.8 Å². The molecule has 9 heteroatoms. The lowest BCUT2D eigenvalue weighted by atomic mass is 9.79. The molecule has 0 aromatic heterocycles. The lowest BCUT2D eigenvalue weighted by Gasteiger charge is -2.43. The fourth-order valence-corrected chi connectivity index (χ4v) is 5.28. The largest absolute Gasteiger partial charge is 0.317 e. The van der Waals surface area contributed by atoms with Crippen LogP contribution in [0.5, 0.6) is 0 Å². The Hall–Kier alpha value is -1.25. The Morgan fingerprint density at radius 3 is 2.12 bits per heavy atom. The number of ketones is 1. The van der Waals surface area contributed by atoms with Gasteiger partial charge in [0, 0.05) is 24.1 Å². The summed E-state index contributed by atoms with van der Waals surface area (Å²) in [5.74, 6) is 0.999. The van der Waals surface area contributed by atoms with E-state index in [1.807, 2.05) is 12.1 Å². The molecule has 1 aromatic rings. The first-order valence-electron chi connectivity index (χ1n) is 12.0. The van der Waals surface area contributed by atoms with E-state index in [0.29, 0.717) is 11.7 Å². The number of nitro benzene ring substituents is 1. The average molecular weight is 504 g/mol. The minimum atomic E-state index is -0.360. The summed E-state index contributed by atoms with van der Waals surface area (Å²) >= 11 is 0. The highest BCUT2D eigenvalue weighted by atomic mass is 35.5. The predicted molar refractivity (Wildman–Crippen MR) is 138 cm³/mol. The smallest absolute Gasteiger partial charge is 0.269 e. The quantitative estimate of drug-likeness (QED) is 0.371. The second-order valence-electron chi connectivity index (χ2n) is 9.17. The Balaban J connectivity index is 0.00000272. The zero-order valence-corrected chi connectivity index (χ0v) is 21.5. The number of hydrogen-bond donors (Lipinski definition) is 2. The van der Waals surface area contributed by atoms with Crippen molar-refractivity contribution in [3.8, 4) is 0 Å². The molecule has 2 fully saturated rings. The maximum absolute atomic E-state index is 13.8. The molecule has 7 nitrogen and oxygen atoms in total. The molecule has 2 N–H and O–H groups in total. The second kappa shape index (κ2) is 14.9. The number of benzene rings is 1. The fourth-order valence-electron chi connectivity index (χ4n) is 5.28. The number of halogens is 2. The Kier molecular flexibility index (Phi) is 13.4. The van der Waals surface area contributed by atoms with Crippen LogP contribution in [0.3, 0.4) is 0 Å². The van der Waals surface area contributed by atoms with Crippen molar-refractivity contribution in [2.75, 3.05) is 32.7 Å². The van der Waals surface area contributed by atoms with Gasteiger partial charge >= 0.3 is 0 Å². The number of piperidine rings is 2. The normalized spacial score (nSPS) is 19.2. The van der Waals surface area contributed by atoms with E-state index in [4.69, 9.17) is 0 Å². The van der Waals surface area contributed by atoms with Gasteiger partial charge in [0.1, 0.15) is 0 Å². The number of hydrogen-bond acceptors (Lipinski definition) is 6. The number of carbonyl (C=O) groups excluding carboxylic acids is 1. The number of carbonyl (C=O) groups is 1. The van der Waals surface area contributed by atoms with Crippen LogP contribution in [0.2, 0.25) is 0 Å². The molecule has 188 valence electrons. The molecule has 1 aromatic carbocycles. The molecule has 3 rings (SSSR count). The van der Waals surface area contributed by atoms with Crippen LogP contribution >= 0.6 is 24.8 Å². The van der Waals surface area contributed by atoms with Gasteiger partial charge in [0.15, 0.2) is 5.78 Å². The molecule has 2 atom stereocenters. The molecule has 33 heavy (non-hydrogen) atoms. The minimum absolute atomic E-state index is 0. The van der Waals surface area contributed by atoms with Gasteiger partial charge in [0.25, 0.3) is 5.69 Å². The molecule has 2 aliphatic heterocycles. The standard InChI is InChI=1S/C24H38N4O3.2ClH/c1-3-16-27(18(2)17-19-4-6-22(7-5-19)28(30)31)23(20-8-12-25-13-9-20)24(29)21-10-14-26-15-11-21;;/h4-7,18,20-21,23,25-26H,3,8-17H2,1-2H3;2*1H. The molecular weight excluding hydrogens is 463 g/mol. The monoisotopic (exact) mass is 502 g/mol. The van der Waals surface area contributed by atoms with Crippen molar-refractivity contribution in [2.24, 2.45) is 11.8 Å². The van der Waals surface area contributed by atoms with Crippen LogP contribution in [0.15, 0.2) is 24.3 Å². The lowest BCUT2D eigenvalue weighted by Crippen LogP contribution is -2.55. The van der Waals surface area contributed by atoms with E-state index in [0.717, 1.165) is 76.8 Å². The Bertz CT molecular complexity index is 723. The zero-order chi connectivity index (χ0) is 22.2. The van der Waals surface area contributed by atoms with Gasteiger partial charge in [-0.15, -0.1) is 24.8 Å². The third-order valence-electron chi connectivity index (χ3n) is 6.95. The number of Topliss-reactive ketones (excluding diaryl/α,β-unsaturated/α-hetero) is 1. The van der Waals surface area contributed by atoms with E-state index in [1.54, 1.807) is 12.1 Å². The summed E-state index contributed by atoms with van der Waals surface area (Å²) in [5.41, 5.74) is 1.20. The van der Waals surface area contributed by atoms with Crippen molar-refractivity contribution in [3.63, 3.8) is 0 Å². The van der Waals surface area contributed by atoms with Gasteiger partial charge in [0.05, 0.1) is 11.0 Å². The number of nitrogens with zero attached hydrogens (tertiary/aromatic N) is 2. The zero-order valence-electron chi connectivity index (χ0n) is 19.8. The Labute approximate surface area is 210 Å². The summed E-state index contributed by atoms with van der Waals surface area (Å²) in [6.07, 6.45) is 5.77. The number of rotatable bonds is 10. The van der Waals surface area contributed by atoms with Gasteiger partial charge in [-0.05, 0) is 89.7 Å². The van der Waals surface area contributed by atoms with Crippen molar-refractivity contribution in [3.05, 3.63) is 39.9 Å². The van der Waals surface area contributed by atoms with E-state index >= 15 is 0 Å². The summed E-state index contributed by atoms with van der Waals surface area (Å²) in [5, 5.41) is 17.8. The van der Waals surface area contributed by atoms with E-state index in [1.165, 1.54) is 0 Å². The molecule has 0 aliphatic carbocycles. The molecule has 0 spiro atoms. The predicted octanol–water partition coefficient (Wildman–Crippen LogP) is 4.02. The van der Waals surface area contributed by atoms with E-state index in [-0.39, 0.29) is 53.4 Å². The van der Waals surface area contributed by atoms with Crippen LogP contribution in [0.25, 0.3) is 0 Å². The summed E-state index contributed by atoms with van der Waals surface area (Å²) < 4.78 is 0. The van der Waals surface area contributed by atoms with Crippen LogP contribution in [0.1, 0.15) is 51.5 Å². The van der Waals surface area contributed by atoms with Crippen molar-refractivity contribution >= 4 is 36.3 Å². The highest BCUT2D eigenvalue weighted by Crippen LogP contribution is 2.29. The number of non-ortho nitro benzene ring substituents is 1. The molecule has 2 unspecified atom stereocenters. The lowest BCUT2D eigenvalue weighted by molar-refractivity contribution is -0.384. The van der Waals surface area contributed by atoms with Crippen LogP contribution in [-0.4, -0.2) is 60.4 Å². The third kappa shape index (κ3) is 8.18. The van der Waals surface area contributed by atoms with Crippen molar-refractivity contribution in [1.29, 1.82) is 0 Å². The molecule has 2 heterocycles. The molecular formula is C24H40Cl2N4O3. The first kappa shape index (κ1) is 29.8. The van der Waals surface area contributed by atoms with E-state index < -0.39 is 0 Å². The van der Waals surface area contributed by atoms with Gasteiger partial charge in [-0.2, -0.15) is 0 Å². The molecule has 0 radical (unpaired) electrons. The average Bonchev–Trinajstić information content (AvgIpc) is 2.80. The molecule has 0 bridgehead atoms. The van der Waals surface area contributed by atoms with Gasteiger partial charge in [-0.1, -0.05) is 19.1 Å². The summed E-state index contributed by atoms with van der Waals surface area (Å²) in [7, 11) is 0. The highest BCUT2D eigenvalue weighted by Gasteiger charge is 2.39. The minimum Gasteiger partial charge on any atom is -0.317 e. The molecule has 0 amide bonds. The molecule has 0 saturated carbocycles. The first-order chi connectivity index (χ1) is 15.0. The van der Waals surface area contributed by atoms with Gasteiger partial charge < -0.3 is 10.6 Å². The van der Waals surface area contributed by atoms with E-state index in [9.17, 15) is 14.9 Å². The van der Waals surface area contributed by atoms with Crippen LogP contribution in [0, 0.1) is 22.0 Å². The summed E-state index contributed by atoms with van der Waals surface area (Å²) in [4.78, 5) is 26.9. The van der Waals surface area contributed by atoms with Gasteiger partial charge in [0.2, 0.25) is 0 Å². The van der Waals surface area contributed by atoms with Crippen LogP contribution < -0.4 is 10.6 Å². The Morgan fingerprint density at radius 2 is 1.61 bits per heavy atom. The van der Waals surface area contributed by atoms with Crippen LogP contribution in [-0.2, 0) is 11.2 Å². The van der Waals surface area contributed by atoms with E-state index in [2.05, 4.69) is 29.4 Å². The maximum Gasteiger partial charge on any atom is 0.269 e. The SMILES string of the molecule is CCCN(C(C)Cc1ccc([N+](=O)[O-])cc1)C(C(=O)C1CCNCC1)C1CCNCC1.Cl.Cl. The van der Waals surface area contributed by atoms with Crippen molar-refractivity contribution in [2.45, 2.75) is 64.5 Å². The van der Waals surface area contributed by atoms with Gasteiger partial charge in [-0.25, -0.2) is 0 Å². The maximum atomic E-state index is 13.8. The van der Waals surface area contributed by atoms with Crippen LogP contribution in [0.4, 0.5) is 5.69 Å². The fraction of sp³-hybridized carbons (Fsp3) is 0.708.